The standard InChI is InChI=1S/C53H46N2/c1-36-14-8-9-17-43(36)38-30-32-53(4,33-31-38)55(42-27-28-45-44-18-10-12-20-48(44)52(2,3)49(45)35-42)41-25-22-37(23-26-41)39-24-29-51-47(34-39)46-19-11-13-21-50(46)54(51)40-15-6-5-7-16-40/h5-13,15-32,34-36H,14,33H2,1-4H3. The van der Waals surface area contributed by atoms with E-state index >= 15 is 0 Å². The highest BCUT2D eigenvalue weighted by atomic mass is 15.2. The van der Waals surface area contributed by atoms with Gasteiger partial charge in [0, 0.05) is 33.2 Å². The van der Waals surface area contributed by atoms with Gasteiger partial charge in [0.1, 0.15) is 0 Å². The molecule has 2 atom stereocenters. The van der Waals surface area contributed by atoms with Gasteiger partial charge in [0.05, 0.1) is 16.6 Å². The third-order valence-corrected chi connectivity index (χ3v) is 12.6. The second-order valence-electron chi connectivity index (χ2n) is 16.4. The Kier molecular flexibility index (Phi) is 7.75. The van der Waals surface area contributed by atoms with Crippen LogP contribution in [0.15, 0.2) is 187 Å². The van der Waals surface area contributed by atoms with Gasteiger partial charge in [-0.1, -0.05) is 142 Å². The van der Waals surface area contributed by atoms with E-state index in [4.69, 9.17) is 0 Å². The molecule has 2 unspecified atom stereocenters. The second-order valence-corrected chi connectivity index (χ2v) is 16.4. The molecule has 55 heavy (non-hydrogen) atoms. The van der Waals surface area contributed by atoms with Crippen molar-refractivity contribution in [1.29, 1.82) is 0 Å². The molecule has 1 heterocycles. The molecular formula is C53H46N2. The minimum Gasteiger partial charge on any atom is -0.332 e. The molecular weight excluding hydrogens is 665 g/mol. The van der Waals surface area contributed by atoms with E-state index in [9.17, 15) is 0 Å². The minimum atomic E-state index is -0.263. The fraction of sp³-hybridized carbons (Fsp3) is 0.170. The maximum atomic E-state index is 2.58. The second kappa shape index (κ2) is 12.7. The van der Waals surface area contributed by atoms with Crippen molar-refractivity contribution in [2.75, 3.05) is 4.90 Å². The number of aromatic nitrogens is 1. The maximum Gasteiger partial charge on any atom is 0.0643 e. The van der Waals surface area contributed by atoms with Gasteiger partial charge in [0.25, 0.3) is 0 Å². The highest BCUT2D eigenvalue weighted by molar-refractivity contribution is 6.10. The molecule has 0 bridgehead atoms. The van der Waals surface area contributed by atoms with Gasteiger partial charge in [-0.05, 0) is 125 Å². The fourth-order valence-corrected chi connectivity index (χ4v) is 9.61. The Hall–Kier alpha value is -6.12. The van der Waals surface area contributed by atoms with Crippen molar-refractivity contribution >= 4 is 33.2 Å². The van der Waals surface area contributed by atoms with Crippen molar-refractivity contribution in [3.8, 4) is 27.9 Å². The predicted octanol–water partition coefficient (Wildman–Crippen LogP) is 14.1. The van der Waals surface area contributed by atoms with Crippen LogP contribution in [-0.2, 0) is 5.41 Å². The van der Waals surface area contributed by atoms with Gasteiger partial charge in [-0.3, -0.25) is 0 Å². The first-order valence-electron chi connectivity index (χ1n) is 19.8. The number of allylic oxidation sites excluding steroid dienone is 6. The van der Waals surface area contributed by atoms with Crippen molar-refractivity contribution in [1.82, 2.24) is 4.57 Å². The van der Waals surface area contributed by atoms with E-state index in [0.29, 0.717) is 5.92 Å². The van der Waals surface area contributed by atoms with Crippen LogP contribution in [0.1, 0.15) is 51.7 Å². The maximum absolute atomic E-state index is 2.58. The van der Waals surface area contributed by atoms with Gasteiger partial charge < -0.3 is 9.47 Å². The van der Waals surface area contributed by atoms with Crippen LogP contribution in [0.2, 0.25) is 0 Å². The average molecular weight is 711 g/mol. The molecule has 0 N–H and O–H groups in total. The molecule has 7 aromatic rings. The monoisotopic (exact) mass is 710 g/mol. The van der Waals surface area contributed by atoms with Crippen LogP contribution in [0.4, 0.5) is 11.4 Å². The summed E-state index contributed by atoms with van der Waals surface area (Å²) in [5.41, 5.74) is 16.4. The van der Waals surface area contributed by atoms with Crippen molar-refractivity contribution in [2.45, 2.75) is 51.5 Å². The Labute approximate surface area is 325 Å². The molecule has 3 aliphatic carbocycles. The van der Waals surface area contributed by atoms with E-state index in [-0.39, 0.29) is 11.0 Å². The summed E-state index contributed by atoms with van der Waals surface area (Å²) in [5.74, 6) is 0.531. The fourth-order valence-electron chi connectivity index (χ4n) is 9.61. The molecule has 2 nitrogen and oxygen atoms in total. The van der Waals surface area contributed by atoms with Crippen LogP contribution in [-0.4, -0.2) is 10.1 Å². The van der Waals surface area contributed by atoms with Gasteiger partial charge in [0.2, 0.25) is 0 Å². The number of fused-ring (bicyclic) bond motifs is 6. The zero-order valence-corrected chi connectivity index (χ0v) is 32.1. The lowest BCUT2D eigenvalue weighted by atomic mass is 9.80. The largest absolute Gasteiger partial charge is 0.332 e. The number of nitrogens with zero attached hydrogens (tertiary/aromatic N) is 2. The van der Waals surface area contributed by atoms with E-state index < -0.39 is 0 Å². The Bertz CT molecular complexity index is 2750. The zero-order chi connectivity index (χ0) is 37.3. The summed E-state index contributed by atoms with van der Waals surface area (Å²) in [6, 6.07) is 51.8. The van der Waals surface area contributed by atoms with Crippen LogP contribution in [0, 0.1) is 5.92 Å². The molecule has 0 saturated heterocycles. The van der Waals surface area contributed by atoms with Crippen molar-refractivity contribution in [3.63, 3.8) is 0 Å². The number of para-hydroxylation sites is 2. The Morgan fingerprint density at radius 1 is 0.636 bits per heavy atom. The lowest BCUT2D eigenvalue weighted by molar-refractivity contribution is 0.564. The summed E-state index contributed by atoms with van der Waals surface area (Å²) < 4.78 is 2.38. The Morgan fingerprint density at radius 3 is 2.15 bits per heavy atom. The van der Waals surface area contributed by atoms with E-state index in [1.165, 1.54) is 83.4 Å². The number of hydrogen-bond acceptors (Lipinski definition) is 1. The predicted molar refractivity (Wildman–Crippen MR) is 234 cm³/mol. The quantitative estimate of drug-likeness (QED) is 0.167. The molecule has 0 saturated carbocycles. The number of anilines is 2. The molecule has 1 aromatic heterocycles. The molecule has 0 spiro atoms. The highest BCUT2D eigenvalue weighted by Gasteiger charge is 2.38. The van der Waals surface area contributed by atoms with Gasteiger partial charge in [-0.2, -0.15) is 0 Å². The number of rotatable bonds is 6. The molecule has 0 radical (unpaired) electrons. The summed E-state index contributed by atoms with van der Waals surface area (Å²) in [4.78, 5) is 2.58. The van der Waals surface area contributed by atoms with Crippen LogP contribution >= 0.6 is 0 Å². The first-order chi connectivity index (χ1) is 26.8. The SMILES string of the molecule is CC1CC=CC=C1C1=CCC(C)(N(c2ccc(-c3ccc4c(c3)c3ccccc3n4-c3ccccc3)cc2)c2ccc3c(c2)C(C)(C)c2ccccc2-3)C=C1. The van der Waals surface area contributed by atoms with Gasteiger partial charge >= 0.3 is 0 Å². The highest BCUT2D eigenvalue weighted by Crippen LogP contribution is 2.51. The van der Waals surface area contributed by atoms with Crippen molar-refractivity contribution in [2.24, 2.45) is 5.92 Å². The average Bonchev–Trinajstić information content (AvgIpc) is 3.67. The minimum absolute atomic E-state index is 0.0762. The van der Waals surface area contributed by atoms with Gasteiger partial charge in [0.15, 0.2) is 0 Å². The van der Waals surface area contributed by atoms with Crippen LogP contribution in [0.5, 0.6) is 0 Å². The van der Waals surface area contributed by atoms with Crippen LogP contribution < -0.4 is 4.90 Å². The molecule has 268 valence electrons. The number of hydrogen-bond donors (Lipinski definition) is 0. The van der Waals surface area contributed by atoms with E-state index in [0.717, 1.165) is 12.8 Å². The van der Waals surface area contributed by atoms with Crippen LogP contribution in [0.25, 0.3) is 49.7 Å². The Balaban J connectivity index is 1.06. The first kappa shape index (κ1) is 33.4. The lowest BCUT2D eigenvalue weighted by Crippen LogP contribution is -2.42. The molecule has 0 aliphatic heterocycles. The Morgan fingerprint density at radius 2 is 1.35 bits per heavy atom. The third-order valence-electron chi connectivity index (χ3n) is 12.6. The summed E-state index contributed by atoms with van der Waals surface area (Å²) in [6.45, 7) is 9.49. The van der Waals surface area contributed by atoms with E-state index in [1.807, 2.05) is 0 Å². The molecule has 10 rings (SSSR count). The topological polar surface area (TPSA) is 8.17 Å². The first-order valence-corrected chi connectivity index (χ1v) is 19.8. The zero-order valence-electron chi connectivity index (χ0n) is 32.1. The van der Waals surface area contributed by atoms with E-state index in [1.54, 1.807) is 0 Å². The smallest absolute Gasteiger partial charge is 0.0643 e. The summed E-state index contributed by atoms with van der Waals surface area (Å²) >= 11 is 0. The number of benzene rings is 6. The van der Waals surface area contributed by atoms with Crippen molar-refractivity contribution < 1.29 is 0 Å². The van der Waals surface area contributed by atoms with Gasteiger partial charge in [-0.25, -0.2) is 0 Å². The molecule has 2 heteroatoms. The lowest BCUT2D eigenvalue weighted by Gasteiger charge is -2.43. The summed E-state index contributed by atoms with van der Waals surface area (Å²) in [6.07, 6.45) is 16.1. The molecule has 6 aromatic carbocycles. The summed E-state index contributed by atoms with van der Waals surface area (Å²) in [5, 5.41) is 2.54. The van der Waals surface area contributed by atoms with Crippen LogP contribution in [0.3, 0.4) is 0 Å². The van der Waals surface area contributed by atoms with Crippen molar-refractivity contribution in [3.05, 3.63) is 198 Å². The summed E-state index contributed by atoms with van der Waals surface area (Å²) in [7, 11) is 0. The normalized spacial score (nSPS) is 19.6. The molecule has 0 fully saturated rings. The van der Waals surface area contributed by atoms with E-state index in [2.05, 4.69) is 213 Å². The molecule has 0 amide bonds. The molecule has 3 aliphatic rings. The van der Waals surface area contributed by atoms with Gasteiger partial charge in [-0.15, -0.1) is 0 Å². The third kappa shape index (κ3) is 5.38.